The lowest BCUT2D eigenvalue weighted by Crippen LogP contribution is -2.47. The maximum Gasteiger partial charge on any atom is 0.407 e. The van der Waals surface area contributed by atoms with E-state index in [1.807, 2.05) is 13.8 Å². The molecule has 1 saturated heterocycles. The van der Waals surface area contributed by atoms with Crippen molar-refractivity contribution in [2.24, 2.45) is 5.41 Å². The van der Waals surface area contributed by atoms with E-state index in [1.54, 1.807) is 12.1 Å². The summed E-state index contributed by atoms with van der Waals surface area (Å²) in [4.78, 5) is 11.4. The van der Waals surface area contributed by atoms with Gasteiger partial charge in [0.1, 0.15) is 6.61 Å². The van der Waals surface area contributed by atoms with Crippen LogP contribution in [0.5, 0.6) is 0 Å². The van der Waals surface area contributed by atoms with Gasteiger partial charge in [-0.1, -0.05) is 48.7 Å². The summed E-state index contributed by atoms with van der Waals surface area (Å²) < 4.78 is 4.99. The number of nitrogens with one attached hydrogen (secondary N) is 1. The fraction of sp³-hybridized carbons (Fsp3) is 0.417. The highest BCUT2D eigenvalue weighted by molar-refractivity contribution is 6.43. The summed E-state index contributed by atoms with van der Waals surface area (Å²) in [5.41, 5.74) is 0.404. The Hall–Kier alpha value is -0.640. The number of carbonyl (C=O) groups excluding carboxylic acids is 1. The molecule has 1 N–H and O–H groups in total. The van der Waals surface area contributed by atoms with Crippen molar-refractivity contribution in [1.82, 2.24) is 5.32 Å². The molecule has 18 heavy (non-hydrogen) atoms. The van der Waals surface area contributed by atoms with Gasteiger partial charge in [0.15, 0.2) is 0 Å². The van der Waals surface area contributed by atoms with Gasteiger partial charge in [-0.25, -0.2) is 4.79 Å². The molecule has 1 atom stereocenters. The van der Waals surface area contributed by atoms with Crippen LogP contribution in [-0.4, -0.2) is 12.7 Å². The largest absolute Gasteiger partial charge is 0.449 e. The van der Waals surface area contributed by atoms with Crippen molar-refractivity contribution in [3.8, 4) is 0 Å². The minimum Gasteiger partial charge on any atom is -0.449 e. The summed E-state index contributed by atoms with van der Waals surface area (Å²) in [5.74, 6) is 0. The molecular weight excluding hydrogens is 296 g/mol. The smallest absolute Gasteiger partial charge is 0.407 e. The number of cyclic esters (lactones) is 1. The van der Waals surface area contributed by atoms with Crippen LogP contribution in [0.3, 0.4) is 0 Å². The number of rotatable bonds is 1. The van der Waals surface area contributed by atoms with Crippen LogP contribution in [-0.2, 0) is 4.74 Å². The SMILES string of the molecule is CC1(C)COC(=O)N[C@@H]1c1cc(Cl)cc(Cl)c1Cl. The minimum atomic E-state index is -0.466. The second-order valence-electron chi connectivity index (χ2n) is 4.93. The summed E-state index contributed by atoms with van der Waals surface area (Å²) in [6.45, 7) is 4.26. The van der Waals surface area contributed by atoms with Crippen molar-refractivity contribution < 1.29 is 9.53 Å². The van der Waals surface area contributed by atoms with Gasteiger partial charge in [0.25, 0.3) is 0 Å². The third-order valence-electron chi connectivity index (χ3n) is 2.95. The van der Waals surface area contributed by atoms with E-state index in [2.05, 4.69) is 5.32 Å². The zero-order chi connectivity index (χ0) is 13.5. The first kappa shape index (κ1) is 13.8. The Labute approximate surface area is 120 Å². The summed E-state index contributed by atoms with van der Waals surface area (Å²) in [6, 6.07) is 3.00. The van der Waals surface area contributed by atoms with Gasteiger partial charge in [-0.05, 0) is 17.7 Å². The molecule has 0 saturated carbocycles. The van der Waals surface area contributed by atoms with Crippen LogP contribution >= 0.6 is 34.8 Å². The number of hydrogen-bond donors (Lipinski definition) is 1. The van der Waals surface area contributed by atoms with Crippen LogP contribution in [0.15, 0.2) is 12.1 Å². The molecule has 0 spiro atoms. The van der Waals surface area contributed by atoms with Crippen LogP contribution in [0.1, 0.15) is 25.5 Å². The Kier molecular flexibility index (Phi) is 3.67. The third-order valence-corrected chi connectivity index (χ3v) is 3.99. The predicted molar refractivity (Wildman–Crippen MR) is 72.5 cm³/mol. The van der Waals surface area contributed by atoms with E-state index >= 15 is 0 Å². The monoisotopic (exact) mass is 307 g/mol. The minimum absolute atomic E-state index is 0.289. The highest BCUT2D eigenvalue weighted by atomic mass is 35.5. The Morgan fingerprint density at radius 2 is 2.00 bits per heavy atom. The van der Waals surface area contributed by atoms with Crippen LogP contribution in [0.2, 0.25) is 15.1 Å². The maximum atomic E-state index is 11.4. The maximum absolute atomic E-state index is 11.4. The quantitative estimate of drug-likeness (QED) is 0.778. The molecule has 1 fully saturated rings. The van der Waals surface area contributed by atoms with Gasteiger partial charge < -0.3 is 10.1 Å². The standard InChI is InChI=1S/C12H12Cl3NO2/c1-12(2)5-18-11(17)16-10(12)7-3-6(13)4-8(14)9(7)15/h3-4,10H,5H2,1-2H3,(H,16,17)/t10-/m1/s1. The highest BCUT2D eigenvalue weighted by Crippen LogP contribution is 2.42. The van der Waals surface area contributed by atoms with Gasteiger partial charge in [0.05, 0.1) is 16.1 Å². The van der Waals surface area contributed by atoms with E-state index in [0.29, 0.717) is 27.2 Å². The first-order valence-electron chi connectivity index (χ1n) is 5.39. The molecule has 6 heteroatoms. The fourth-order valence-electron chi connectivity index (χ4n) is 1.97. The van der Waals surface area contributed by atoms with E-state index in [0.717, 1.165) is 0 Å². The molecule has 98 valence electrons. The Bertz CT molecular complexity index is 502. The lowest BCUT2D eigenvalue weighted by molar-refractivity contribution is 0.0388. The number of benzene rings is 1. The molecule has 1 aromatic carbocycles. The van der Waals surface area contributed by atoms with Gasteiger partial charge in [-0.3, -0.25) is 0 Å². The molecule has 1 aromatic rings. The summed E-state index contributed by atoms with van der Waals surface area (Å²) >= 11 is 18.2. The van der Waals surface area contributed by atoms with Gasteiger partial charge in [-0.2, -0.15) is 0 Å². The molecule has 2 rings (SSSR count). The number of amides is 1. The summed E-state index contributed by atoms with van der Waals surface area (Å²) in [5, 5.41) is 4.01. The van der Waals surface area contributed by atoms with Gasteiger partial charge in [-0.15, -0.1) is 0 Å². The molecule has 0 unspecified atom stereocenters. The van der Waals surface area contributed by atoms with E-state index in [-0.39, 0.29) is 11.5 Å². The lowest BCUT2D eigenvalue weighted by atomic mass is 9.80. The predicted octanol–water partition coefficient (Wildman–Crippen LogP) is 4.45. The fourth-order valence-corrected chi connectivity index (χ4v) is 2.70. The second kappa shape index (κ2) is 4.80. The van der Waals surface area contributed by atoms with Gasteiger partial charge >= 0.3 is 6.09 Å². The number of carbonyl (C=O) groups is 1. The molecule has 1 aliphatic rings. The topological polar surface area (TPSA) is 38.3 Å². The molecule has 0 bridgehead atoms. The van der Waals surface area contributed by atoms with Crippen molar-refractivity contribution >= 4 is 40.9 Å². The average Bonchev–Trinajstić information content (AvgIpc) is 2.27. The number of ether oxygens (including phenoxy) is 1. The molecule has 0 aromatic heterocycles. The highest BCUT2D eigenvalue weighted by Gasteiger charge is 2.39. The molecule has 0 aliphatic carbocycles. The van der Waals surface area contributed by atoms with Crippen LogP contribution in [0.4, 0.5) is 4.79 Å². The van der Waals surface area contributed by atoms with Crippen LogP contribution in [0, 0.1) is 5.41 Å². The van der Waals surface area contributed by atoms with Crippen molar-refractivity contribution in [3.63, 3.8) is 0 Å². The second-order valence-corrected chi connectivity index (χ2v) is 6.15. The van der Waals surface area contributed by atoms with Crippen molar-refractivity contribution in [1.29, 1.82) is 0 Å². The molecular formula is C12H12Cl3NO2. The first-order valence-corrected chi connectivity index (χ1v) is 6.52. The van der Waals surface area contributed by atoms with Crippen molar-refractivity contribution in [2.45, 2.75) is 19.9 Å². The lowest BCUT2D eigenvalue weighted by Gasteiger charge is -2.39. The normalized spacial score (nSPS) is 22.3. The van der Waals surface area contributed by atoms with Crippen LogP contribution < -0.4 is 5.32 Å². The van der Waals surface area contributed by atoms with Crippen molar-refractivity contribution in [3.05, 3.63) is 32.8 Å². The summed E-state index contributed by atoms with van der Waals surface area (Å²) in [7, 11) is 0. The Morgan fingerprint density at radius 1 is 1.33 bits per heavy atom. The Morgan fingerprint density at radius 3 is 2.67 bits per heavy atom. The molecule has 1 aliphatic heterocycles. The first-order chi connectivity index (χ1) is 8.31. The number of alkyl carbamates (subject to hydrolysis) is 1. The number of hydrogen-bond acceptors (Lipinski definition) is 2. The zero-order valence-electron chi connectivity index (χ0n) is 9.89. The zero-order valence-corrected chi connectivity index (χ0v) is 12.2. The Balaban J connectivity index is 2.49. The van der Waals surface area contributed by atoms with Crippen molar-refractivity contribution in [2.75, 3.05) is 6.61 Å². The van der Waals surface area contributed by atoms with E-state index in [9.17, 15) is 4.79 Å². The summed E-state index contributed by atoms with van der Waals surface area (Å²) in [6.07, 6.45) is -0.466. The van der Waals surface area contributed by atoms with E-state index in [4.69, 9.17) is 39.5 Å². The van der Waals surface area contributed by atoms with Gasteiger partial charge in [0.2, 0.25) is 0 Å². The third kappa shape index (κ3) is 2.53. The van der Waals surface area contributed by atoms with E-state index in [1.165, 1.54) is 0 Å². The molecule has 3 nitrogen and oxygen atoms in total. The van der Waals surface area contributed by atoms with E-state index < -0.39 is 6.09 Å². The number of halogens is 3. The molecule has 1 amide bonds. The molecule has 1 heterocycles. The average molecular weight is 309 g/mol. The molecule has 0 radical (unpaired) electrons. The van der Waals surface area contributed by atoms with Crippen LogP contribution in [0.25, 0.3) is 0 Å². The van der Waals surface area contributed by atoms with Gasteiger partial charge in [0, 0.05) is 10.4 Å².